The molecular weight excluding hydrogens is 424 g/mol. The fourth-order valence-corrected chi connectivity index (χ4v) is 4.49. The monoisotopic (exact) mass is 462 g/mol. The maximum absolute atomic E-state index is 11.7. The highest BCUT2D eigenvalue weighted by Gasteiger charge is 2.21. The number of aromatic hydroxyl groups is 1. The van der Waals surface area contributed by atoms with E-state index >= 15 is 0 Å². The molecule has 178 valence electrons. The van der Waals surface area contributed by atoms with Gasteiger partial charge in [0.2, 0.25) is 0 Å². The van der Waals surface area contributed by atoms with Gasteiger partial charge in [0.1, 0.15) is 10.6 Å². The van der Waals surface area contributed by atoms with Crippen LogP contribution < -0.4 is 4.74 Å². The molecule has 0 amide bonds. The first-order chi connectivity index (χ1) is 15.4. The van der Waals surface area contributed by atoms with E-state index in [-0.39, 0.29) is 5.75 Å². The number of phenolic OH excluding ortho intramolecular Hbond substituents is 1. The summed E-state index contributed by atoms with van der Waals surface area (Å²) in [6.45, 7) is 2.24. The summed E-state index contributed by atoms with van der Waals surface area (Å²) < 4.78 is 38.6. The predicted molar refractivity (Wildman–Crippen MR) is 129 cm³/mol. The molecule has 0 aliphatic heterocycles. The van der Waals surface area contributed by atoms with E-state index in [0.29, 0.717) is 17.7 Å². The Hall–Kier alpha value is -2.05. The fourth-order valence-electron chi connectivity index (χ4n) is 3.84. The van der Waals surface area contributed by atoms with E-state index in [0.717, 1.165) is 19.3 Å². The van der Waals surface area contributed by atoms with Gasteiger partial charge in [0, 0.05) is 0 Å². The van der Waals surface area contributed by atoms with Gasteiger partial charge >= 0.3 is 0 Å². The molecule has 0 aliphatic rings. The van der Waals surface area contributed by atoms with Crippen LogP contribution in [0.2, 0.25) is 0 Å². The van der Waals surface area contributed by atoms with Gasteiger partial charge < -0.3 is 9.84 Å². The molecule has 0 atom stereocenters. The minimum absolute atomic E-state index is 0.0280. The van der Waals surface area contributed by atoms with Gasteiger partial charge in [-0.2, -0.15) is 8.42 Å². The van der Waals surface area contributed by atoms with Crippen molar-refractivity contribution in [2.45, 2.75) is 95.3 Å². The van der Waals surface area contributed by atoms with E-state index in [1.807, 2.05) is 6.07 Å². The second-order valence-corrected chi connectivity index (χ2v) is 9.86. The molecule has 0 spiro atoms. The van der Waals surface area contributed by atoms with Gasteiger partial charge in [-0.15, -0.1) is 0 Å². The molecule has 6 heteroatoms. The van der Waals surface area contributed by atoms with Gasteiger partial charge in [0.05, 0.1) is 0 Å². The summed E-state index contributed by atoms with van der Waals surface area (Å²) in [5, 5.41) is 10.3. The average Bonchev–Trinajstić information content (AvgIpc) is 2.76. The van der Waals surface area contributed by atoms with Crippen molar-refractivity contribution in [1.29, 1.82) is 0 Å². The van der Waals surface area contributed by atoms with Crippen LogP contribution in [-0.2, 0) is 16.5 Å². The van der Waals surface area contributed by atoms with Crippen LogP contribution in [-0.4, -0.2) is 18.1 Å². The molecular formula is C26H38O5S. The van der Waals surface area contributed by atoms with Crippen LogP contribution in [0.5, 0.6) is 17.2 Å². The summed E-state index contributed by atoms with van der Waals surface area (Å²) in [5.74, 6) is -0.0679. The first-order valence-corrected chi connectivity index (χ1v) is 13.4. The molecule has 0 bridgehead atoms. The van der Waals surface area contributed by atoms with Crippen LogP contribution in [0.25, 0.3) is 0 Å². The lowest BCUT2D eigenvalue weighted by Gasteiger charge is -2.13. The van der Waals surface area contributed by atoms with Crippen LogP contribution in [0.1, 0.15) is 89.5 Å². The molecule has 0 aliphatic carbocycles. The average molecular weight is 463 g/mol. The molecule has 2 rings (SSSR count). The van der Waals surface area contributed by atoms with Crippen LogP contribution in [0, 0.1) is 0 Å². The number of hydrogen-bond acceptors (Lipinski definition) is 4. The summed E-state index contributed by atoms with van der Waals surface area (Å²) >= 11 is 0. The molecule has 0 heterocycles. The van der Waals surface area contributed by atoms with Crippen molar-refractivity contribution in [1.82, 2.24) is 0 Å². The van der Waals surface area contributed by atoms with E-state index in [4.69, 9.17) is 4.74 Å². The fraction of sp³-hybridized carbons (Fsp3) is 0.538. The van der Waals surface area contributed by atoms with Crippen LogP contribution >= 0.6 is 0 Å². The van der Waals surface area contributed by atoms with Gasteiger partial charge in [-0.25, -0.2) is 0 Å². The van der Waals surface area contributed by atoms with Gasteiger partial charge in [-0.1, -0.05) is 95.8 Å². The predicted octanol–water partition coefficient (Wildman–Crippen LogP) is 7.67. The number of rotatable bonds is 16. The number of unbranched alkanes of at least 4 members (excludes halogenated alkanes) is 11. The zero-order valence-corrected chi connectivity index (χ0v) is 20.1. The van der Waals surface area contributed by atoms with E-state index in [1.54, 1.807) is 30.3 Å². The summed E-state index contributed by atoms with van der Waals surface area (Å²) in [7, 11) is -4.56. The van der Waals surface area contributed by atoms with Gasteiger partial charge in [-0.3, -0.25) is 4.55 Å². The van der Waals surface area contributed by atoms with Crippen LogP contribution in [0.15, 0.2) is 47.4 Å². The first kappa shape index (κ1) is 26.2. The Kier molecular flexibility index (Phi) is 11.6. The van der Waals surface area contributed by atoms with Crippen molar-refractivity contribution in [2.24, 2.45) is 0 Å². The zero-order valence-electron chi connectivity index (χ0n) is 19.3. The van der Waals surface area contributed by atoms with Crippen molar-refractivity contribution >= 4 is 10.1 Å². The number of phenols is 1. The Morgan fingerprint density at radius 2 is 1.31 bits per heavy atom. The highest BCUT2D eigenvalue weighted by molar-refractivity contribution is 7.86. The molecule has 2 aromatic rings. The third-order valence-electron chi connectivity index (χ3n) is 5.67. The topological polar surface area (TPSA) is 83.8 Å². The second kappa shape index (κ2) is 14.2. The SMILES string of the molecule is CCCCCCCCCCCCCCc1cc(Oc2ccccc2)c(O)c(S(=O)(=O)O)c1. The quantitative estimate of drug-likeness (QED) is 0.197. The van der Waals surface area contributed by atoms with Crippen molar-refractivity contribution in [3.63, 3.8) is 0 Å². The highest BCUT2D eigenvalue weighted by Crippen LogP contribution is 2.37. The third-order valence-corrected chi connectivity index (χ3v) is 6.53. The van der Waals surface area contributed by atoms with Crippen LogP contribution in [0.3, 0.4) is 0 Å². The van der Waals surface area contributed by atoms with Crippen molar-refractivity contribution in [3.05, 3.63) is 48.0 Å². The summed E-state index contributed by atoms with van der Waals surface area (Å²) in [6.07, 6.45) is 15.7. The maximum Gasteiger partial charge on any atom is 0.298 e. The Bertz CT molecular complexity index is 894. The molecule has 0 fully saturated rings. The summed E-state index contributed by atoms with van der Waals surface area (Å²) in [4.78, 5) is -0.514. The van der Waals surface area contributed by atoms with E-state index in [1.165, 1.54) is 63.9 Å². The molecule has 2 aromatic carbocycles. The molecule has 0 saturated heterocycles. The lowest BCUT2D eigenvalue weighted by molar-refractivity contribution is 0.395. The Morgan fingerprint density at radius 1 is 0.781 bits per heavy atom. The van der Waals surface area contributed by atoms with E-state index in [2.05, 4.69) is 6.92 Å². The first-order valence-electron chi connectivity index (χ1n) is 12.0. The van der Waals surface area contributed by atoms with Gasteiger partial charge in [-0.05, 0) is 42.7 Å². The Morgan fingerprint density at radius 3 is 1.84 bits per heavy atom. The van der Waals surface area contributed by atoms with E-state index < -0.39 is 20.8 Å². The maximum atomic E-state index is 11.7. The third kappa shape index (κ3) is 9.61. The van der Waals surface area contributed by atoms with E-state index in [9.17, 15) is 18.1 Å². The number of benzene rings is 2. The standard InChI is InChI=1S/C26H38O5S/c1-2-3-4-5-6-7-8-9-10-11-12-14-17-22-20-24(31-23-18-15-13-16-19-23)26(27)25(21-22)32(28,29)30/h13,15-16,18-21,27H,2-12,14,17H2,1H3,(H,28,29,30). The van der Waals surface area contributed by atoms with Gasteiger partial charge in [0.15, 0.2) is 11.5 Å². The molecule has 32 heavy (non-hydrogen) atoms. The highest BCUT2D eigenvalue weighted by atomic mass is 32.2. The van der Waals surface area contributed by atoms with Crippen LogP contribution in [0.4, 0.5) is 0 Å². The van der Waals surface area contributed by atoms with Crippen molar-refractivity contribution in [2.75, 3.05) is 0 Å². The second-order valence-electron chi connectivity index (χ2n) is 8.47. The zero-order chi connectivity index (χ0) is 23.2. The Labute approximate surface area is 193 Å². The molecule has 5 nitrogen and oxygen atoms in total. The molecule has 0 unspecified atom stereocenters. The van der Waals surface area contributed by atoms with Crippen molar-refractivity contribution < 1.29 is 22.8 Å². The van der Waals surface area contributed by atoms with Gasteiger partial charge in [0.25, 0.3) is 10.1 Å². The number of para-hydroxylation sites is 1. The lowest BCUT2D eigenvalue weighted by Crippen LogP contribution is -2.02. The lowest BCUT2D eigenvalue weighted by atomic mass is 10.0. The normalized spacial score (nSPS) is 11.6. The minimum atomic E-state index is -4.56. The molecule has 0 saturated carbocycles. The smallest absolute Gasteiger partial charge is 0.298 e. The number of ether oxygens (including phenoxy) is 1. The number of hydrogen-bond donors (Lipinski definition) is 2. The summed E-state index contributed by atoms with van der Waals surface area (Å²) in [5.41, 5.74) is 0.716. The minimum Gasteiger partial charge on any atom is -0.503 e. The van der Waals surface area contributed by atoms with Crippen molar-refractivity contribution in [3.8, 4) is 17.2 Å². The largest absolute Gasteiger partial charge is 0.503 e. The Balaban J connectivity index is 1.80. The molecule has 0 aromatic heterocycles. The molecule has 0 radical (unpaired) electrons. The summed E-state index contributed by atoms with van der Waals surface area (Å²) in [6, 6.07) is 11.8. The molecule has 2 N–H and O–H groups in total. The number of aryl methyl sites for hydroxylation is 1.